The van der Waals surface area contributed by atoms with Gasteiger partial charge < -0.3 is 10.8 Å². The van der Waals surface area contributed by atoms with E-state index >= 15 is 0 Å². The molecule has 0 aliphatic heterocycles. The molecule has 1 rings (SSSR count). The summed E-state index contributed by atoms with van der Waals surface area (Å²) in [4.78, 5) is 9.55. The molecule has 2 N–H and O–H groups in total. The van der Waals surface area contributed by atoms with Crippen molar-refractivity contribution in [3.05, 3.63) is 27.8 Å². The second kappa shape index (κ2) is 4.45. The zero-order chi connectivity index (χ0) is 9.30. The minimum atomic E-state index is -0.730. The number of aryl methyl sites for hydroxylation is 1. The Hall–Kier alpha value is -0.780. The maximum absolute atomic E-state index is 11.0. The van der Waals surface area contributed by atoms with Crippen molar-refractivity contribution in [2.24, 2.45) is 0 Å². The van der Waals surface area contributed by atoms with Crippen molar-refractivity contribution in [2.75, 3.05) is 5.73 Å². The number of nitrogen functional groups attached to an aromatic ring is 1. The summed E-state index contributed by atoms with van der Waals surface area (Å²) in [7, 11) is 0. The summed E-state index contributed by atoms with van der Waals surface area (Å²) in [5.74, 6) is -0.717. The predicted octanol–water partition coefficient (Wildman–Crippen LogP) is -2.44. The molecule has 0 atom stereocenters. The summed E-state index contributed by atoms with van der Waals surface area (Å²) >= 11 is 0. The topological polar surface area (TPSA) is 92.2 Å². The third-order valence-electron chi connectivity index (χ3n) is 1.44. The number of rotatable bonds is 1. The van der Waals surface area contributed by atoms with E-state index in [4.69, 9.17) is 5.73 Å². The van der Waals surface area contributed by atoms with E-state index in [1.54, 1.807) is 6.92 Å². The van der Waals surface area contributed by atoms with Gasteiger partial charge in [0.15, 0.2) is 0 Å². The van der Waals surface area contributed by atoms with E-state index in [9.17, 15) is 15.2 Å². The molecule has 64 valence electrons. The van der Waals surface area contributed by atoms with Gasteiger partial charge in [0, 0.05) is 11.8 Å². The van der Waals surface area contributed by atoms with Crippen LogP contribution < -0.4 is 40.4 Å². The van der Waals surface area contributed by atoms with Crippen LogP contribution in [0.5, 0.6) is 5.75 Å². The first-order valence-electron chi connectivity index (χ1n) is 3.24. The number of benzene rings is 1. The third kappa shape index (κ3) is 2.58. The van der Waals surface area contributed by atoms with Crippen LogP contribution in [-0.2, 0) is 0 Å². The number of hydrogen-bond acceptors (Lipinski definition) is 4. The molecular formula is C7H7N2NaO3. The molecule has 0 fully saturated rings. The predicted molar refractivity (Wildman–Crippen MR) is 41.7 cm³/mol. The molecule has 0 saturated carbocycles. The van der Waals surface area contributed by atoms with Gasteiger partial charge in [-0.2, -0.15) is 0 Å². The van der Waals surface area contributed by atoms with E-state index in [1.807, 2.05) is 0 Å². The Bertz CT molecular complexity index is 341. The quantitative estimate of drug-likeness (QED) is 0.230. The van der Waals surface area contributed by atoms with E-state index in [1.165, 1.54) is 12.1 Å². The third-order valence-corrected chi connectivity index (χ3v) is 1.44. The molecule has 0 aliphatic rings. The van der Waals surface area contributed by atoms with Crippen molar-refractivity contribution < 1.29 is 39.6 Å². The van der Waals surface area contributed by atoms with Gasteiger partial charge in [0.1, 0.15) is 0 Å². The van der Waals surface area contributed by atoms with Crippen LogP contribution in [0.1, 0.15) is 5.56 Å². The first-order valence-corrected chi connectivity index (χ1v) is 3.24. The van der Waals surface area contributed by atoms with Crippen molar-refractivity contribution in [3.8, 4) is 5.75 Å². The van der Waals surface area contributed by atoms with Gasteiger partial charge in [0.25, 0.3) is 5.69 Å². The fraction of sp³-hybridized carbons (Fsp3) is 0.143. The van der Waals surface area contributed by atoms with Crippen molar-refractivity contribution in [1.29, 1.82) is 0 Å². The molecule has 0 bridgehead atoms. The Labute approximate surface area is 97.0 Å². The van der Waals surface area contributed by atoms with E-state index in [0.29, 0.717) is 5.56 Å². The number of hydrogen-bond donors (Lipinski definition) is 1. The Morgan fingerprint density at radius 2 is 2.00 bits per heavy atom. The molecule has 0 spiro atoms. The number of nitro benzene ring substituents is 1. The van der Waals surface area contributed by atoms with Crippen LogP contribution >= 0.6 is 0 Å². The average Bonchev–Trinajstić information content (AvgIpc) is 1.96. The average molecular weight is 190 g/mol. The minimum Gasteiger partial charge on any atom is -0.866 e. The Balaban J connectivity index is 0.00000144. The summed E-state index contributed by atoms with van der Waals surface area (Å²) in [6, 6.07) is 2.62. The zero-order valence-electron chi connectivity index (χ0n) is 7.40. The van der Waals surface area contributed by atoms with Gasteiger partial charge in [0.05, 0.1) is 4.92 Å². The largest absolute Gasteiger partial charge is 1.00 e. The van der Waals surface area contributed by atoms with E-state index < -0.39 is 16.4 Å². The van der Waals surface area contributed by atoms with Gasteiger partial charge in [-0.15, -0.1) is 0 Å². The second-order valence-electron chi connectivity index (χ2n) is 2.46. The second-order valence-corrected chi connectivity index (χ2v) is 2.46. The molecule has 13 heavy (non-hydrogen) atoms. The smallest absolute Gasteiger partial charge is 0.866 e. The van der Waals surface area contributed by atoms with E-state index in [-0.39, 0.29) is 35.2 Å². The number of nitrogens with zero attached hydrogens (tertiary/aromatic N) is 1. The molecule has 0 unspecified atom stereocenters. The van der Waals surface area contributed by atoms with Crippen LogP contribution in [-0.4, -0.2) is 4.92 Å². The first-order chi connectivity index (χ1) is 5.52. The summed E-state index contributed by atoms with van der Waals surface area (Å²) in [6.07, 6.45) is 0. The van der Waals surface area contributed by atoms with Gasteiger partial charge in [0.2, 0.25) is 0 Å². The molecule has 1 aromatic carbocycles. The summed E-state index contributed by atoms with van der Waals surface area (Å²) in [5.41, 5.74) is 5.31. The van der Waals surface area contributed by atoms with E-state index in [0.717, 1.165) is 0 Å². The Morgan fingerprint density at radius 3 is 2.46 bits per heavy atom. The SMILES string of the molecule is Cc1cc(N)c([O-])c([N+](=O)[O-])c1.[Na+]. The number of nitro groups is 1. The van der Waals surface area contributed by atoms with Gasteiger partial charge >= 0.3 is 29.6 Å². The summed E-state index contributed by atoms with van der Waals surface area (Å²) < 4.78 is 0. The van der Waals surface area contributed by atoms with Gasteiger partial charge in [-0.1, -0.05) is 0 Å². The molecule has 0 amide bonds. The summed E-state index contributed by atoms with van der Waals surface area (Å²) in [5, 5.41) is 21.3. The summed E-state index contributed by atoms with van der Waals surface area (Å²) in [6.45, 7) is 1.64. The van der Waals surface area contributed by atoms with Gasteiger partial charge in [-0.25, -0.2) is 0 Å². The Morgan fingerprint density at radius 1 is 1.46 bits per heavy atom. The zero-order valence-corrected chi connectivity index (χ0v) is 9.40. The molecule has 0 heterocycles. The van der Waals surface area contributed by atoms with Crippen LogP contribution in [0.15, 0.2) is 12.1 Å². The van der Waals surface area contributed by atoms with Crippen molar-refractivity contribution in [3.63, 3.8) is 0 Å². The maximum atomic E-state index is 11.0. The fourth-order valence-electron chi connectivity index (χ4n) is 0.917. The van der Waals surface area contributed by atoms with Gasteiger partial charge in [-0.3, -0.25) is 10.1 Å². The standard InChI is InChI=1S/C7H8N2O3.Na/c1-4-2-5(8)7(10)6(3-4)9(11)12;/h2-3,10H,8H2,1H3;/q;+1/p-1. The molecule has 5 nitrogen and oxygen atoms in total. The Kier molecular flexibility index (Phi) is 4.19. The van der Waals surface area contributed by atoms with Crippen LogP contribution in [0.4, 0.5) is 11.4 Å². The number of anilines is 1. The molecule has 6 heteroatoms. The van der Waals surface area contributed by atoms with Crippen LogP contribution in [0, 0.1) is 17.0 Å². The van der Waals surface area contributed by atoms with Crippen LogP contribution in [0.2, 0.25) is 0 Å². The number of nitrogens with two attached hydrogens (primary N) is 1. The normalized spacial score (nSPS) is 9.00. The van der Waals surface area contributed by atoms with Gasteiger partial charge in [-0.05, 0) is 24.3 Å². The molecule has 0 saturated heterocycles. The molecule has 0 aromatic heterocycles. The van der Waals surface area contributed by atoms with Crippen molar-refractivity contribution in [2.45, 2.75) is 6.92 Å². The molecule has 0 radical (unpaired) electrons. The first kappa shape index (κ1) is 12.2. The van der Waals surface area contributed by atoms with E-state index in [2.05, 4.69) is 0 Å². The molecule has 1 aromatic rings. The minimum absolute atomic E-state index is 0. The fourth-order valence-corrected chi connectivity index (χ4v) is 0.917. The van der Waals surface area contributed by atoms with Crippen molar-refractivity contribution >= 4 is 11.4 Å². The van der Waals surface area contributed by atoms with Crippen molar-refractivity contribution in [1.82, 2.24) is 0 Å². The molecular weight excluding hydrogens is 183 g/mol. The van der Waals surface area contributed by atoms with Crippen LogP contribution in [0.25, 0.3) is 0 Å². The molecule has 0 aliphatic carbocycles. The monoisotopic (exact) mass is 190 g/mol. The van der Waals surface area contributed by atoms with Crippen LogP contribution in [0.3, 0.4) is 0 Å². The maximum Gasteiger partial charge on any atom is 1.00 e.